The average Bonchev–Trinajstić information content (AvgIpc) is 1.72. The first-order chi connectivity index (χ1) is 3.00. The van der Waals surface area contributed by atoms with Gasteiger partial charge in [-0.1, -0.05) is 6.42 Å². The van der Waals surface area contributed by atoms with Crippen LogP contribution in [0.5, 0.6) is 0 Å². The third-order valence-corrected chi connectivity index (χ3v) is 1.01. The van der Waals surface area contributed by atoms with E-state index in [1.165, 1.54) is 19.3 Å². The zero-order valence-electron chi connectivity index (χ0n) is 3.85. The number of hydrogen-bond donors (Lipinski definition) is 0. The van der Waals surface area contributed by atoms with Crippen LogP contribution >= 0.6 is 0 Å². The van der Waals surface area contributed by atoms with Gasteiger partial charge in [-0.3, -0.25) is 0 Å². The SMILES string of the molecule is [CH]1[CH]CCC[CH]1. The molecule has 1 rings (SSSR count). The lowest BCUT2D eigenvalue weighted by Gasteiger charge is -2.04. The Morgan fingerprint density at radius 1 is 1.00 bits per heavy atom. The van der Waals surface area contributed by atoms with Crippen molar-refractivity contribution in [2.75, 3.05) is 0 Å². The molecule has 0 N–H and O–H groups in total. The molecule has 0 aromatic carbocycles. The summed E-state index contributed by atoms with van der Waals surface area (Å²) in [5.74, 6) is 0. The molecule has 1 saturated carbocycles. The smallest absolute Gasteiger partial charge is 0.0318 e. The van der Waals surface area contributed by atoms with E-state index < -0.39 is 0 Å². The van der Waals surface area contributed by atoms with E-state index in [1.807, 2.05) is 0 Å². The Morgan fingerprint density at radius 2 is 1.67 bits per heavy atom. The molecule has 1 aliphatic rings. The van der Waals surface area contributed by atoms with Crippen LogP contribution in [0.15, 0.2) is 0 Å². The Kier molecular flexibility index (Phi) is 1.54. The molecule has 0 aromatic heterocycles. The molecule has 0 heterocycles. The lowest BCUT2D eigenvalue weighted by molar-refractivity contribution is 0.761. The summed E-state index contributed by atoms with van der Waals surface area (Å²) < 4.78 is 0. The molecule has 3 radical (unpaired) electrons. The number of hydrogen-bond acceptors (Lipinski definition) is 0. The van der Waals surface area contributed by atoms with Crippen molar-refractivity contribution in [2.24, 2.45) is 0 Å². The molecule has 0 amide bonds. The van der Waals surface area contributed by atoms with Crippen molar-refractivity contribution in [1.29, 1.82) is 0 Å². The molecule has 0 atom stereocenters. The second-order valence-electron chi connectivity index (χ2n) is 1.59. The molecule has 0 nitrogen and oxygen atoms in total. The maximum Gasteiger partial charge on any atom is -0.0318 e. The van der Waals surface area contributed by atoms with Gasteiger partial charge in [0.1, 0.15) is 0 Å². The van der Waals surface area contributed by atoms with Gasteiger partial charge < -0.3 is 0 Å². The van der Waals surface area contributed by atoms with E-state index in [2.05, 4.69) is 19.3 Å². The molecule has 0 aromatic rings. The highest BCUT2D eigenvalue weighted by Crippen LogP contribution is 2.12. The summed E-state index contributed by atoms with van der Waals surface area (Å²) in [5.41, 5.74) is 0. The van der Waals surface area contributed by atoms with Gasteiger partial charge in [-0.25, -0.2) is 0 Å². The van der Waals surface area contributed by atoms with Crippen molar-refractivity contribution < 1.29 is 0 Å². The van der Waals surface area contributed by atoms with Crippen LogP contribution in [0.4, 0.5) is 0 Å². The highest BCUT2D eigenvalue weighted by atomic mass is 14.0. The summed E-state index contributed by atoms with van der Waals surface area (Å²) in [5, 5.41) is 0. The predicted molar refractivity (Wildman–Crippen MR) is 26.8 cm³/mol. The van der Waals surface area contributed by atoms with Gasteiger partial charge in [-0.05, 0) is 32.1 Å². The first-order valence-electron chi connectivity index (χ1n) is 2.48. The van der Waals surface area contributed by atoms with E-state index >= 15 is 0 Å². The summed E-state index contributed by atoms with van der Waals surface area (Å²) in [6.45, 7) is 0. The fraction of sp³-hybridized carbons (Fsp3) is 0.500. The van der Waals surface area contributed by atoms with Crippen molar-refractivity contribution in [2.45, 2.75) is 19.3 Å². The average molecular weight is 81.1 g/mol. The summed E-state index contributed by atoms with van der Waals surface area (Å²) in [7, 11) is 0. The maximum absolute atomic E-state index is 2.21. The van der Waals surface area contributed by atoms with E-state index in [1.54, 1.807) is 0 Å². The highest BCUT2D eigenvalue weighted by molar-refractivity contribution is 4.99. The van der Waals surface area contributed by atoms with Crippen LogP contribution in [-0.4, -0.2) is 0 Å². The fourth-order valence-corrected chi connectivity index (χ4v) is 0.642. The second-order valence-corrected chi connectivity index (χ2v) is 1.59. The lowest BCUT2D eigenvalue weighted by atomic mass is 10.0. The van der Waals surface area contributed by atoms with Crippen LogP contribution in [0.3, 0.4) is 0 Å². The van der Waals surface area contributed by atoms with Crippen molar-refractivity contribution in [3.05, 3.63) is 19.3 Å². The monoisotopic (exact) mass is 81.1 g/mol. The summed E-state index contributed by atoms with van der Waals surface area (Å²) in [6.07, 6.45) is 10.5. The Hall–Kier alpha value is 0. The molecule has 0 aliphatic heterocycles. The third kappa shape index (κ3) is 1.00. The van der Waals surface area contributed by atoms with E-state index in [-0.39, 0.29) is 0 Å². The van der Waals surface area contributed by atoms with Crippen LogP contribution in [0.2, 0.25) is 0 Å². The van der Waals surface area contributed by atoms with Gasteiger partial charge in [0.2, 0.25) is 0 Å². The van der Waals surface area contributed by atoms with Gasteiger partial charge in [0, 0.05) is 0 Å². The molecule has 0 unspecified atom stereocenters. The molecular formula is C6H9. The number of rotatable bonds is 0. The van der Waals surface area contributed by atoms with E-state index in [0.29, 0.717) is 0 Å². The first kappa shape index (κ1) is 4.17. The van der Waals surface area contributed by atoms with Gasteiger partial charge in [0.05, 0.1) is 0 Å². The van der Waals surface area contributed by atoms with Crippen LogP contribution in [0.25, 0.3) is 0 Å². The molecule has 0 bridgehead atoms. The topological polar surface area (TPSA) is 0 Å². The molecule has 33 valence electrons. The van der Waals surface area contributed by atoms with Gasteiger partial charge >= 0.3 is 0 Å². The van der Waals surface area contributed by atoms with Gasteiger partial charge in [0.15, 0.2) is 0 Å². The third-order valence-electron chi connectivity index (χ3n) is 1.01. The summed E-state index contributed by atoms with van der Waals surface area (Å²) in [4.78, 5) is 0. The van der Waals surface area contributed by atoms with E-state index in [4.69, 9.17) is 0 Å². The Bertz CT molecular complexity index is 15.5. The minimum absolute atomic E-state index is 1.29. The standard InChI is InChI=1S/C6H9/c1-2-4-6-5-3-1/h1-3H,4-6H2. The van der Waals surface area contributed by atoms with Crippen LogP contribution < -0.4 is 0 Å². The normalized spacial score (nSPS) is 24.0. The second kappa shape index (κ2) is 2.22. The van der Waals surface area contributed by atoms with E-state index in [0.717, 1.165) is 0 Å². The molecule has 0 saturated heterocycles. The molecule has 0 spiro atoms. The largest absolute Gasteiger partial charge is 0.0527 e. The minimum atomic E-state index is 1.29. The zero-order valence-corrected chi connectivity index (χ0v) is 3.85. The quantitative estimate of drug-likeness (QED) is 0.417. The van der Waals surface area contributed by atoms with Crippen molar-refractivity contribution in [1.82, 2.24) is 0 Å². The minimum Gasteiger partial charge on any atom is -0.0527 e. The van der Waals surface area contributed by atoms with Gasteiger partial charge in [-0.2, -0.15) is 0 Å². The van der Waals surface area contributed by atoms with Crippen molar-refractivity contribution in [3.8, 4) is 0 Å². The maximum atomic E-state index is 2.21. The van der Waals surface area contributed by atoms with Crippen molar-refractivity contribution >= 4 is 0 Å². The molecule has 6 heavy (non-hydrogen) atoms. The van der Waals surface area contributed by atoms with Crippen LogP contribution in [0.1, 0.15) is 19.3 Å². The fourth-order valence-electron chi connectivity index (χ4n) is 0.642. The Morgan fingerprint density at radius 3 is 1.83 bits per heavy atom. The molecular weight excluding hydrogens is 72.1 g/mol. The zero-order chi connectivity index (χ0) is 4.24. The summed E-state index contributed by atoms with van der Waals surface area (Å²) in [6, 6.07) is 0. The Balaban J connectivity index is 2.00. The molecule has 0 heteroatoms. The van der Waals surface area contributed by atoms with Crippen molar-refractivity contribution in [3.63, 3.8) is 0 Å². The predicted octanol–water partition coefficient (Wildman–Crippen LogP) is 1.78. The summed E-state index contributed by atoms with van der Waals surface area (Å²) >= 11 is 0. The Labute approximate surface area is 39.6 Å². The molecule has 1 aliphatic carbocycles. The molecule has 1 fully saturated rings. The van der Waals surface area contributed by atoms with Gasteiger partial charge in [0.25, 0.3) is 0 Å². The van der Waals surface area contributed by atoms with Crippen LogP contribution in [-0.2, 0) is 0 Å². The van der Waals surface area contributed by atoms with Crippen LogP contribution in [0, 0.1) is 19.3 Å². The highest BCUT2D eigenvalue weighted by Gasteiger charge is 1.96. The van der Waals surface area contributed by atoms with E-state index in [9.17, 15) is 0 Å². The lowest BCUT2D eigenvalue weighted by Crippen LogP contribution is -1.89. The first-order valence-corrected chi connectivity index (χ1v) is 2.48. The van der Waals surface area contributed by atoms with Gasteiger partial charge in [-0.15, -0.1) is 0 Å².